The Morgan fingerprint density at radius 2 is 2.07 bits per heavy atom. The van der Waals surface area contributed by atoms with E-state index in [0.717, 1.165) is 4.90 Å². The van der Waals surface area contributed by atoms with Crippen molar-refractivity contribution in [1.82, 2.24) is 20.2 Å². The summed E-state index contributed by atoms with van der Waals surface area (Å²) < 4.78 is 21.8. The summed E-state index contributed by atoms with van der Waals surface area (Å²) in [5, 5.41) is 12.1. The minimum Gasteiger partial charge on any atom is -0.467 e. The Morgan fingerprint density at radius 1 is 1.29 bits per heavy atom. The molecule has 3 aromatic rings. The normalized spacial score (nSPS) is 20.8. The van der Waals surface area contributed by atoms with E-state index in [0.29, 0.717) is 49.6 Å². The van der Waals surface area contributed by atoms with Gasteiger partial charge in [0.05, 0.1) is 24.9 Å². The van der Waals surface area contributed by atoms with E-state index in [1.165, 1.54) is 6.07 Å². The number of likely N-dealkylation sites (tertiary alicyclic amines) is 1. The molecule has 146 valence electrons. The Morgan fingerprint density at radius 3 is 2.75 bits per heavy atom. The fourth-order valence-corrected chi connectivity index (χ4v) is 3.89. The molecule has 9 heteroatoms. The second-order valence-electron chi connectivity index (χ2n) is 7.06. The lowest BCUT2D eigenvalue weighted by molar-refractivity contribution is -0.932. The number of halogens is 1. The summed E-state index contributed by atoms with van der Waals surface area (Å²) in [5.41, 5.74) is 6.00. The minimum atomic E-state index is -0.389. The highest BCUT2D eigenvalue weighted by Gasteiger charge is 2.37. The van der Waals surface area contributed by atoms with Gasteiger partial charge in [0, 0.05) is 18.8 Å². The van der Waals surface area contributed by atoms with Gasteiger partial charge in [0.2, 0.25) is 11.7 Å². The minimum absolute atomic E-state index is 0.135. The van der Waals surface area contributed by atoms with Crippen molar-refractivity contribution < 1.29 is 18.5 Å². The van der Waals surface area contributed by atoms with Crippen molar-refractivity contribution in [2.24, 2.45) is 11.7 Å². The van der Waals surface area contributed by atoms with E-state index in [2.05, 4.69) is 15.5 Å². The molecule has 0 radical (unpaired) electrons. The summed E-state index contributed by atoms with van der Waals surface area (Å²) in [6, 6.07) is 9.93. The van der Waals surface area contributed by atoms with Crippen LogP contribution in [0, 0.1) is 11.7 Å². The number of tetrazole rings is 1. The number of nitrogens with zero attached hydrogens (tertiary/aromatic N) is 4. The molecule has 0 saturated carbocycles. The maximum Gasteiger partial charge on any atom is 0.220 e. The van der Waals surface area contributed by atoms with Gasteiger partial charge in [-0.2, -0.15) is 0 Å². The van der Waals surface area contributed by atoms with Gasteiger partial charge in [-0.05, 0) is 34.7 Å². The van der Waals surface area contributed by atoms with Crippen LogP contribution in [-0.4, -0.2) is 39.2 Å². The van der Waals surface area contributed by atoms with Gasteiger partial charge in [-0.25, -0.2) is 9.07 Å². The zero-order valence-corrected chi connectivity index (χ0v) is 15.3. The van der Waals surface area contributed by atoms with Crippen LogP contribution in [0.3, 0.4) is 0 Å². The topological polar surface area (TPSA) is 104 Å². The first-order valence-electron chi connectivity index (χ1n) is 9.30. The number of amides is 1. The molecule has 1 atom stereocenters. The van der Waals surface area contributed by atoms with Crippen molar-refractivity contribution in [3.05, 3.63) is 65.6 Å². The number of piperidine rings is 1. The number of nitrogens with two attached hydrogens (primary N) is 1. The molecular weight excluding hydrogens is 363 g/mol. The summed E-state index contributed by atoms with van der Waals surface area (Å²) in [7, 11) is 0. The van der Waals surface area contributed by atoms with Crippen LogP contribution in [0.4, 0.5) is 4.39 Å². The van der Waals surface area contributed by atoms with Gasteiger partial charge < -0.3 is 15.1 Å². The zero-order valence-electron chi connectivity index (χ0n) is 15.3. The van der Waals surface area contributed by atoms with E-state index in [1.807, 2.05) is 12.1 Å². The van der Waals surface area contributed by atoms with Crippen LogP contribution in [0.5, 0.6) is 0 Å². The molecule has 0 aliphatic carbocycles. The SMILES string of the molecule is NC(=O)C1CC[NH+]([C@@H](c2ccccc2F)c2nnnn2Cc2ccco2)CC1. The Kier molecular flexibility index (Phi) is 5.16. The number of carbonyl (C=O) groups excluding carboxylic acids is 1. The van der Waals surface area contributed by atoms with Crippen LogP contribution in [0.25, 0.3) is 0 Å². The van der Waals surface area contributed by atoms with Crippen molar-refractivity contribution in [1.29, 1.82) is 0 Å². The number of furan rings is 1. The Bertz CT molecular complexity index is 934. The summed E-state index contributed by atoms with van der Waals surface area (Å²) in [4.78, 5) is 12.6. The van der Waals surface area contributed by atoms with E-state index in [1.54, 1.807) is 29.1 Å². The van der Waals surface area contributed by atoms with Crippen LogP contribution in [0.2, 0.25) is 0 Å². The Balaban J connectivity index is 1.68. The van der Waals surface area contributed by atoms with Crippen LogP contribution in [0.1, 0.15) is 36.0 Å². The number of carbonyl (C=O) groups is 1. The van der Waals surface area contributed by atoms with Crippen molar-refractivity contribution >= 4 is 5.91 Å². The highest BCUT2D eigenvalue weighted by Crippen LogP contribution is 2.22. The molecule has 3 heterocycles. The van der Waals surface area contributed by atoms with Crippen LogP contribution < -0.4 is 10.6 Å². The average molecular weight is 385 g/mol. The van der Waals surface area contributed by atoms with Gasteiger partial charge in [-0.1, -0.05) is 12.1 Å². The van der Waals surface area contributed by atoms with Crippen LogP contribution >= 0.6 is 0 Å². The second kappa shape index (κ2) is 7.89. The maximum atomic E-state index is 14.7. The first-order chi connectivity index (χ1) is 13.6. The first kappa shape index (κ1) is 18.3. The lowest BCUT2D eigenvalue weighted by Crippen LogP contribution is -3.13. The van der Waals surface area contributed by atoms with E-state index >= 15 is 0 Å². The molecule has 1 aromatic carbocycles. The largest absolute Gasteiger partial charge is 0.467 e. The number of hydrogen-bond donors (Lipinski definition) is 2. The average Bonchev–Trinajstić information content (AvgIpc) is 3.37. The molecule has 1 amide bonds. The number of quaternary nitrogens is 1. The van der Waals surface area contributed by atoms with Gasteiger partial charge in [-0.15, -0.1) is 5.10 Å². The summed E-state index contributed by atoms with van der Waals surface area (Å²) in [5.74, 6) is 0.565. The van der Waals surface area contributed by atoms with Crippen LogP contribution in [-0.2, 0) is 11.3 Å². The highest BCUT2D eigenvalue weighted by atomic mass is 19.1. The van der Waals surface area contributed by atoms with Crippen LogP contribution in [0.15, 0.2) is 47.1 Å². The van der Waals surface area contributed by atoms with E-state index in [-0.39, 0.29) is 23.7 Å². The fraction of sp³-hybridized carbons (Fsp3) is 0.368. The summed E-state index contributed by atoms with van der Waals surface area (Å²) >= 11 is 0. The van der Waals surface area contributed by atoms with Crippen molar-refractivity contribution in [2.45, 2.75) is 25.4 Å². The Hall–Kier alpha value is -3.07. The zero-order chi connectivity index (χ0) is 19.5. The van der Waals surface area contributed by atoms with Crippen molar-refractivity contribution in [2.75, 3.05) is 13.1 Å². The molecule has 3 N–H and O–H groups in total. The van der Waals surface area contributed by atoms with Gasteiger partial charge in [0.25, 0.3) is 0 Å². The predicted octanol–water partition coefficient (Wildman–Crippen LogP) is 0.323. The van der Waals surface area contributed by atoms with E-state index < -0.39 is 0 Å². The third-order valence-electron chi connectivity index (χ3n) is 5.36. The first-order valence-corrected chi connectivity index (χ1v) is 9.30. The number of aromatic nitrogens is 4. The molecule has 0 unspecified atom stereocenters. The molecule has 8 nitrogen and oxygen atoms in total. The van der Waals surface area contributed by atoms with Gasteiger partial charge >= 0.3 is 0 Å². The molecule has 0 spiro atoms. The number of hydrogen-bond acceptors (Lipinski definition) is 5. The second-order valence-corrected chi connectivity index (χ2v) is 7.06. The van der Waals surface area contributed by atoms with Gasteiger partial charge in [0.1, 0.15) is 18.1 Å². The molecular formula is C19H22FN6O2+. The van der Waals surface area contributed by atoms with E-state index in [9.17, 15) is 9.18 Å². The lowest BCUT2D eigenvalue weighted by atomic mass is 9.93. The smallest absolute Gasteiger partial charge is 0.220 e. The third-order valence-corrected chi connectivity index (χ3v) is 5.36. The molecule has 4 rings (SSSR count). The van der Waals surface area contributed by atoms with Gasteiger partial charge in [0.15, 0.2) is 6.04 Å². The molecule has 2 aromatic heterocycles. The molecule has 28 heavy (non-hydrogen) atoms. The van der Waals surface area contributed by atoms with Crippen molar-refractivity contribution in [3.63, 3.8) is 0 Å². The number of benzene rings is 1. The fourth-order valence-electron chi connectivity index (χ4n) is 3.89. The maximum absolute atomic E-state index is 14.7. The third kappa shape index (κ3) is 3.65. The number of nitrogens with one attached hydrogen (secondary N) is 1. The number of rotatable bonds is 6. The van der Waals surface area contributed by atoms with Crippen molar-refractivity contribution in [3.8, 4) is 0 Å². The van der Waals surface area contributed by atoms with E-state index in [4.69, 9.17) is 10.2 Å². The Labute approximate surface area is 161 Å². The lowest BCUT2D eigenvalue weighted by Gasteiger charge is -2.33. The highest BCUT2D eigenvalue weighted by molar-refractivity contribution is 5.76. The molecule has 1 aliphatic heterocycles. The molecule has 1 aliphatic rings. The molecule has 0 bridgehead atoms. The summed E-state index contributed by atoms with van der Waals surface area (Å²) in [6.45, 7) is 1.72. The molecule has 1 fully saturated rings. The molecule has 1 saturated heterocycles. The number of primary amides is 1. The van der Waals surface area contributed by atoms with Gasteiger partial charge in [-0.3, -0.25) is 4.79 Å². The quantitative estimate of drug-likeness (QED) is 0.636. The monoisotopic (exact) mass is 385 g/mol. The standard InChI is InChI=1S/C19H21FN6O2/c20-16-6-2-1-5-15(16)17(25-9-7-13(8-10-25)18(21)27)19-22-23-24-26(19)12-14-4-3-11-28-14/h1-6,11,13,17H,7-10,12H2,(H2,21,27)/p+1/t17-/m0/s1. The summed E-state index contributed by atoms with van der Waals surface area (Å²) in [6.07, 6.45) is 2.91. The predicted molar refractivity (Wildman–Crippen MR) is 96.5 cm³/mol.